The monoisotopic (exact) mass is 336 g/mol. The lowest BCUT2D eigenvalue weighted by Gasteiger charge is -2.16. The Morgan fingerprint density at radius 1 is 1.30 bits per heavy atom. The van der Waals surface area contributed by atoms with Gasteiger partial charge in [-0.05, 0) is 36.8 Å². The molecule has 0 saturated heterocycles. The number of benzene rings is 2. The fraction of sp³-hybridized carbons (Fsp3) is 0.133. The Kier molecular flexibility index (Phi) is 4.39. The number of rotatable bonds is 3. The molecule has 1 amide bonds. The second-order valence-electron chi connectivity index (χ2n) is 4.46. The Morgan fingerprint density at radius 3 is 2.65 bits per heavy atom. The maximum absolute atomic E-state index is 13.7. The van der Waals surface area contributed by atoms with Gasteiger partial charge in [0.1, 0.15) is 5.82 Å². The molecule has 0 spiro atoms. The van der Waals surface area contributed by atoms with Gasteiger partial charge in [0.05, 0.1) is 11.6 Å². The van der Waals surface area contributed by atoms with Crippen LogP contribution < -0.4 is 11.1 Å². The van der Waals surface area contributed by atoms with Crippen LogP contribution in [-0.2, 0) is 0 Å². The Morgan fingerprint density at radius 2 is 2.00 bits per heavy atom. The minimum Gasteiger partial charge on any atom is -0.399 e. The molecular formula is C15H14BrFN2O. The topological polar surface area (TPSA) is 55.1 Å². The first-order valence-corrected chi connectivity index (χ1v) is 6.88. The smallest absolute Gasteiger partial charge is 0.254 e. The number of nitrogens with one attached hydrogen (secondary N) is 1. The zero-order chi connectivity index (χ0) is 14.7. The van der Waals surface area contributed by atoms with E-state index in [1.165, 1.54) is 12.1 Å². The van der Waals surface area contributed by atoms with Crippen molar-refractivity contribution in [2.45, 2.75) is 13.0 Å². The van der Waals surface area contributed by atoms with Crippen molar-refractivity contribution in [3.8, 4) is 0 Å². The van der Waals surface area contributed by atoms with Crippen molar-refractivity contribution >= 4 is 27.5 Å². The van der Waals surface area contributed by atoms with Crippen LogP contribution in [0, 0.1) is 5.82 Å². The Hall–Kier alpha value is -1.88. The summed E-state index contributed by atoms with van der Waals surface area (Å²) in [5.74, 6) is -1.09. The van der Waals surface area contributed by atoms with Gasteiger partial charge in [-0.2, -0.15) is 0 Å². The van der Waals surface area contributed by atoms with Crippen molar-refractivity contribution in [2.24, 2.45) is 0 Å². The van der Waals surface area contributed by atoms with Gasteiger partial charge in [0.15, 0.2) is 0 Å². The van der Waals surface area contributed by atoms with Gasteiger partial charge < -0.3 is 11.1 Å². The van der Waals surface area contributed by atoms with E-state index in [9.17, 15) is 9.18 Å². The van der Waals surface area contributed by atoms with E-state index in [2.05, 4.69) is 21.2 Å². The molecule has 0 aliphatic heterocycles. The zero-order valence-electron chi connectivity index (χ0n) is 10.9. The van der Waals surface area contributed by atoms with E-state index in [1.807, 2.05) is 31.2 Å². The summed E-state index contributed by atoms with van der Waals surface area (Å²) in [6.07, 6.45) is 0. The van der Waals surface area contributed by atoms with Crippen LogP contribution in [-0.4, -0.2) is 5.91 Å². The van der Waals surface area contributed by atoms with Crippen LogP contribution in [0.4, 0.5) is 10.1 Å². The largest absolute Gasteiger partial charge is 0.399 e. The molecule has 0 aliphatic carbocycles. The standard InChI is InChI=1S/C15H14BrFN2O/c1-9(11-4-2-3-5-13(11)16)19-15(20)12-7-6-10(18)8-14(12)17/h2-9H,18H2,1H3,(H,19,20)/t9-/m0/s1. The molecule has 0 saturated carbocycles. The fourth-order valence-corrected chi connectivity index (χ4v) is 2.52. The quantitative estimate of drug-likeness (QED) is 0.840. The zero-order valence-corrected chi connectivity index (χ0v) is 12.4. The van der Waals surface area contributed by atoms with Crippen molar-refractivity contribution in [1.29, 1.82) is 0 Å². The van der Waals surface area contributed by atoms with Gasteiger partial charge in [-0.1, -0.05) is 34.1 Å². The van der Waals surface area contributed by atoms with Crippen LogP contribution in [0.3, 0.4) is 0 Å². The molecule has 5 heteroatoms. The summed E-state index contributed by atoms with van der Waals surface area (Å²) in [4.78, 5) is 12.1. The molecule has 3 N–H and O–H groups in total. The third-order valence-corrected chi connectivity index (χ3v) is 3.68. The van der Waals surface area contributed by atoms with Crippen molar-refractivity contribution in [3.63, 3.8) is 0 Å². The van der Waals surface area contributed by atoms with Crippen LogP contribution >= 0.6 is 15.9 Å². The lowest BCUT2D eigenvalue weighted by molar-refractivity contribution is 0.0936. The van der Waals surface area contributed by atoms with Crippen molar-refractivity contribution in [2.75, 3.05) is 5.73 Å². The van der Waals surface area contributed by atoms with Crippen LogP contribution in [0.15, 0.2) is 46.9 Å². The van der Waals surface area contributed by atoms with Gasteiger partial charge >= 0.3 is 0 Å². The number of nitrogen functional groups attached to an aromatic ring is 1. The van der Waals surface area contributed by atoms with Gasteiger partial charge in [0.25, 0.3) is 5.91 Å². The molecule has 3 nitrogen and oxygen atoms in total. The highest BCUT2D eigenvalue weighted by atomic mass is 79.9. The number of carbonyl (C=O) groups excluding carboxylic acids is 1. The lowest BCUT2D eigenvalue weighted by Crippen LogP contribution is -2.27. The number of hydrogen-bond acceptors (Lipinski definition) is 2. The van der Waals surface area contributed by atoms with E-state index >= 15 is 0 Å². The summed E-state index contributed by atoms with van der Waals surface area (Å²) in [5.41, 5.74) is 6.66. The number of hydrogen-bond donors (Lipinski definition) is 2. The van der Waals surface area contributed by atoms with Crippen LogP contribution in [0.5, 0.6) is 0 Å². The summed E-state index contributed by atoms with van der Waals surface area (Å²) in [6, 6.07) is 11.3. The van der Waals surface area contributed by atoms with Crippen molar-refractivity contribution in [3.05, 3.63) is 63.9 Å². The first kappa shape index (κ1) is 14.5. The third kappa shape index (κ3) is 3.17. The van der Waals surface area contributed by atoms with E-state index in [0.717, 1.165) is 16.1 Å². The second kappa shape index (κ2) is 6.05. The molecule has 104 valence electrons. The van der Waals surface area contributed by atoms with Crippen LogP contribution in [0.1, 0.15) is 28.9 Å². The molecule has 0 aromatic heterocycles. The summed E-state index contributed by atoms with van der Waals surface area (Å²) in [5, 5.41) is 2.76. The summed E-state index contributed by atoms with van der Waals surface area (Å²) < 4.78 is 14.6. The number of carbonyl (C=O) groups is 1. The molecule has 0 aliphatic rings. The molecule has 0 heterocycles. The molecular weight excluding hydrogens is 323 g/mol. The van der Waals surface area contributed by atoms with Crippen LogP contribution in [0.2, 0.25) is 0 Å². The van der Waals surface area contributed by atoms with Crippen molar-refractivity contribution < 1.29 is 9.18 Å². The average molecular weight is 337 g/mol. The van der Waals surface area contributed by atoms with Gasteiger partial charge in [0.2, 0.25) is 0 Å². The first-order chi connectivity index (χ1) is 9.49. The average Bonchev–Trinajstić information content (AvgIpc) is 2.38. The second-order valence-corrected chi connectivity index (χ2v) is 5.31. The number of nitrogens with two attached hydrogens (primary N) is 1. The Labute approximate surface area is 125 Å². The van der Waals surface area contributed by atoms with Gasteiger partial charge in [-0.25, -0.2) is 4.39 Å². The molecule has 20 heavy (non-hydrogen) atoms. The Bertz CT molecular complexity index is 646. The molecule has 0 bridgehead atoms. The van der Waals surface area contributed by atoms with Gasteiger partial charge in [-0.15, -0.1) is 0 Å². The molecule has 0 unspecified atom stereocenters. The third-order valence-electron chi connectivity index (χ3n) is 2.96. The number of amides is 1. The van der Waals surface area contributed by atoms with Crippen LogP contribution in [0.25, 0.3) is 0 Å². The highest BCUT2D eigenvalue weighted by molar-refractivity contribution is 9.10. The molecule has 2 aromatic rings. The number of halogens is 2. The molecule has 2 aromatic carbocycles. The van der Waals surface area contributed by atoms with Gasteiger partial charge in [0, 0.05) is 10.2 Å². The minimum absolute atomic E-state index is 0.0156. The highest BCUT2D eigenvalue weighted by Gasteiger charge is 2.16. The minimum atomic E-state index is -0.623. The highest BCUT2D eigenvalue weighted by Crippen LogP contribution is 2.23. The predicted molar refractivity (Wildman–Crippen MR) is 80.8 cm³/mol. The van der Waals surface area contributed by atoms with E-state index in [0.29, 0.717) is 0 Å². The molecule has 1 atom stereocenters. The maximum atomic E-state index is 13.7. The molecule has 2 rings (SSSR count). The van der Waals surface area contributed by atoms with E-state index in [-0.39, 0.29) is 17.3 Å². The van der Waals surface area contributed by atoms with E-state index in [1.54, 1.807) is 0 Å². The molecule has 0 radical (unpaired) electrons. The summed E-state index contributed by atoms with van der Waals surface area (Å²) >= 11 is 3.43. The van der Waals surface area contributed by atoms with Gasteiger partial charge in [-0.3, -0.25) is 4.79 Å². The van der Waals surface area contributed by atoms with Crippen molar-refractivity contribution in [1.82, 2.24) is 5.32 Å². The number of anilines is 1. The lowest BCUT2D eigenvalue weighted by atomic mass is 10.1. The predicted octanol–water partition coefficient (Wildman–Crippen LogP) is 3.66. The fourth-order valence-electron chi connectivity index (χ4n) is 1.89. The summed E-state index contributed by atoms with van der Waals surface area (Å²) in [6.45, 7) is 1.84. The van der Waals surface area contributed by atoms with E-state index in [4.69, 9.17) is 5.73 Å². The first-order valence-electron chi connectivity index (χ1n) is 6.09. The van der Waals surface area contributed by atoms with E-state index < -0.39 is 11.7 Å². The normalized spacial score (nSPS) is 11.9. The maximum Gasteiger partial charge on any atom is 0.254 e. The SMILES string of the molecule is C[C@H](NC(=O)c1ccc(N)cc1F)c1ccccc1Br. The summed E-state index contributed by atoms with van der Waals surface area (Å²) in [7, 11) is 0. The molecule has 0 fully saturated rings. The Balaban J connectivity index is 2.17.